The topological polar surface area (TPSA) is 35.2 Å². The van der Waals surface area contributed by atoms with Crippen LogP contribution in [0.2, 0.25) is 0 Å². The zero-order valence-corrected chi connectivity index (χ0v) is 12.5. The molecule has 2 heteroatoms. The van der Waals surface area contributed by atoms with Gasteiger partial charge in [-0.1, -0.05) is 48.9 Å². The van der Waals surface area contributed by atoms with Crippen molar-refractivity contribution in [3.05, 3.63) is 65.2 Å². The van der Waals surface area contributed by atoms with Gasteiger partial charge in [-0.25, -0.2) is 0 Å². The number of hydrogen-bond donors (Lipinski definition) is 1. The van der Waals surface area contributed by atoms with Gasteiger partial charge in [-0.2, -0.15) is 0 Å². The van der Waals surface area contributed by atoms with E-state index in [1.165, 1.54) is 16.7 Å². The molecule has 2 rings (SSSR count). The quantitative estimate of drug-likeness (QED) is 0.899. The zero-order chi connectivity index (χ0) is 14.6. The molecule has 0 radical (unpaired) electrons. The summed E-state index contributed by atoms with van der Waals surface area (Å²) in [6, 6.07) is 17.0. The molecular formula is C18H23NO. The minimum Gasteiger partial charge on any atom is -0.497 e. The standard InChI is InChI=1S/C18H23NO/c1-14-4-6-15(7-5-14)18(2,12-13-19)16-8-10-17(20-3)11-9-16/h4-11H,12-13,19H2,1-3H3. The van der Waals surface area contributed by atoms with Crippen LogP contribution in [0, 0.1) is 6.92 Å². The predicted octanol–water partition coefficient (Wildman–Crippen LogP) is 3.66. The second kappa shape index (κ2) is 6.10. The summed E-state index contributed by atoms with van der Waals surface area (Å²) >= 11 is 0. The van der Waals surface area contributed by atoms with Gasteiger partial charge in [0.15, 0.2) is 0 Å². The summed E-state index contributed by atoms with van der Waals surface area (Å²) in [6.07, 6.45) is 0.919. The lowest BCUT2D eigenvalue weighted by Gasteiger charge is -2.31. The second-order valence-electron chi connectivity index (χ2n) is 5.47. The molecule has 0 aliphatic heterocycles. The summed E-state index contributed by atoms with van der Waals surface area (Å²) in [4.78, 5) is 0. The molecule has 2 N–H and O–H groups in total. The molecule has 1 atom stereocenters. The van der Waals surface area contributed by atoms with E-state index < -0.39 is 0 Å². The van der Waals surface area contributed by atoms with Crippen LogP contribution in [0.15, 0.2) is 48.5 Å². The third-order valence-corrected chi connectivity index (χ3v) is 4.06. The number of methoxy groups -OCH3 is 1. The van der Waals surface area contributed by atoms with Crippen LogP contribution in [0.5, 0.6) is 5.75 Å². The molecule has 20 heavy (non-hydrogen) atoms. The molecule has 0 fully saturated rings. The summed E-state index contributed by atoms with van der Waals surface area (Å²) in [5.74, 6) is 0.882. The van der Waals surface area contributed by atoms with Crippen molar-refractivity contribution in [3.8, 4) is 5.75 Å². The highest BCUT2D eigenvalue weighted by molar-refractivity contribution is 5.41. The average Bonchev–Trinajstić information content (AvgIpc) is 2.48. The molecule has 0 aliphatic carbocycles. The lowest BCUT2D eigenvalue weighted by Crippen LogP contribution is -2.27. The molecule has 0 bridgehead atoms. The molecule has 2 aromatic rings. The Kier molecular flexibility index (Phi) is 4.46. The largest absolute Gasteiger partial charge is 0.497 e. The Balaban J connectivity index is 2.44. The Morgan fingerprint density at radius 3 is 1.90 bits per heavy atom. The molecule has 106 valence electrons. The van der Waals surface area contributed by atoms with Crippen molar-refractivity contribution in [2.45, 2.75) is 25.7 Å². The van der Waals surface area contributed by atoms with Crippen LogP contribution in [0.1, 0.15) is 30.0 Å². The van der Waals surface area contributed by atoms with Gasteiger partial charge in [-0.3, -0.25) is 0 Å². The smallest absolute Gasteiger partial charge is 0.118 e. The fraction of sp³-hybridized carbons (Fsp3) is 0.333. The summed E-state index contributed by atoms with van der Waals surface area (Å²) in [5.41, 5.74) is 9.64. The number of benzene rings is 2. The number of ether oxygens (including phenoxy) is 1. The van der Waals surface area contributed by atoms with Crippen molar-refractivity contribution in [3.63, 3.8) is 0 Å². The van der Waals surface area contributed by atoms with Gasteiger partial charge in [0.1, 0.15) is 5.75 Å². The highest BCUT2D eigenvalue weighted by Crippen LogP contribution is 2.35. The van der Waals surface area contributed by atoms with Gasteiger partial charge in [0.2, 0.25) is 0 Å². The Morgan fingerprint density at radius 2 is 1.45 bits per heavy atom. The van der Waals surface area contributed by atoms with E-state index in [1.807, 2.05) is 12.1 Å². The number of nitrogens with two attached hydrogens (primary N) is 1. The maximum atomic E-state index is 5.85. The normalized spacial score (nSPS) is 13.8. The Labute approximate surface area is 121 Å². The monoisotopic (exact) mass is 269 g/mol. The summed E-state index contributed by atoms with van der Waals surface area (Å²) < 4.78 is 5.24. The van der Waals surface area contributed by atoms with Crippen LogP contribution in [0.25, 0.3) is 0 Å². The first-order valence-corrected chi connectivity index (χ1v) is 7.02. The van der Waals surface area contributed by atoms with E-state index in [2.05, 4.69) is 50.2 Å². The van der Waals surface area contributed by atoms with Crippen molar-refractivity contribution in [1.82, 2.24) is 0 Å². The highest BCUT2D eigenvalue weighted by atomic mass is 16.5. The van der Waals surface area contributed by atoms with Crippen LogP contribution < -0.4 is 10.5 Å². The zero-order valence-electron chi connectivity index (χ0n) is 12.5. The van der Waals surface area contributed by atoms with Gasteiger partial charge in [0.25, 0.3) is 0 Å². The summed E-state index contributed by atoms with van der Waals surface area (Å²) in [5, 5.41) is 0. The summed E-state index contributed by atoms with van der Waals surface area (Å²) in [7, 11) is 1.69. The number of rotatable bonds is 5. The second-order valence-corrected chi connectivity index (χ2v) is 5.47. The van der Waals surface area contributed by atoms with Crippen molar-refractivity contribution >= 4 is 0 Å². The molecule has 2 nitrogen and oxygen atoms in total. The lowest BCUT2D eigenvalue weighted by atomic mass is 9.73. The van der Waals surface area contributed by atoms with Crippen molar-refractivity contribution in [1.29, 1.82) is 0 Å². The van der Waals surface area contributed by atoms with E-state index in [0.29, 0.717) is 6.54 Å². The highest BCUT2D eigenvalue weighted by Gasteiger charge is 2.27. The summed E-state index contributed by atoms with van der Waals surface area (Å²) in [6.45, 7) is 5.03. The van der Waals surface area contributed by atoms with Crippen LogP contribution >= 0.6 is 0 Å². The van der Waals surface area contributed by atoms with Crippen LogP contribution in [0.3, 0.4) is 0 Å². The van der Waals surface area contributed by atoms with Crippen LogP contribution in [-0.2, 0) is 5.41 Å². The first-order valence-electron chi connectivity index (χ1n) is 7.02. The van der Waals surface area contributed by atoms with Gasteiger partial charge in [0.05, 0.1) is 7.11 Å². The number of hydrogen-bond acceptors (Lipinski definition) is 2. The Hall–Kier alpha value is -1.80. The fourth-order valence-corrected chi connectivity index (χ4v) is 2.62. The molecule has 0 amide bonds. The molecule has 0 aliphatic rings. The first kappa shape index (κ1) is 14.6. The molecule has 2 aromatic carbocycles. The van der Waals surface area contributed by atoms with Crippen molar-refractivity contribution in [2.24, 2.45) is 5.73 Å². The van der Waals surface area contributed by atoms with E-state index in [0.717, 1.165) is 12.2 Å². The number of aryl methyl sites for hydroxylation is 1. The average molecular weight is 269 g/mol. The van der Waals surface area contributed by atoms with E-state index >= 15 is 0 Å². The minimum atomic E-state index is -0.0608. The molecule has 0 saturated heterocycles. The third-order valence-electron chi connectivity index (χ3n) is 4.06. The van der Waals surface area contributed by atoms with Crippen LogP contribution in [0.4, 0.5) is 0 Å². The molecule has 0 aromatic heterocycles. The maximum absolute atomic E-state index is 5.85. The van der Waals surface area contributed by atoms with Gasteiger partial charge >= 0.3 is 0 Å². The van der Waals surface area contributed by atoms with E-state index in [1.54, 1.807) is 7.11 Å². The van der Waals surface area contributed by atoms with Gasteiger partial charge in [-0.05, 0) is 43.1 Å². The third kappa shape index (κ3) is 2.86. The first-order chi connectivity index (χ1) is 9.60. The molecule has 0 spiro atoms. The lowest BCUT2D eigenvalue weighted by molar-refractivity contribution is 0.414. The van der Waals surface area contributed by atoms with Crippen molar-refractivity contribution in [2.75, 3.05) is 13.7 Å². The Bertz CT molecular complexity index is 545. The molecule has 0 saturated carbocycles. The SMILES string of the molecule is COc1ccc(C(C)(CCN)c2ccc(C)cc2)cc1. The van der Waals surface area contributed by atoms with E-state index in [4.69, 9.17) is 10.5 Å². The van der Waals surface area contributed by atoms with E-state index in [9.17, 15) is 0 Å². The van der Waals surface area contributed by atoms with Gasteiger partial charge in [-0.15, -0.1) is 0 Å². The van der Waals surface area contributed by atoms with Crippen molar-refractivity contribution < 1.29 is 4.74 Å². The molecular weight excluding hydrogens is 246 g/mol. The predicted molar refractivity (Wildman–Crippen MR) is 84.3 cm³/mol. The maximum Gasteiger partial charge on any atom is 0.118 e. The molecule has 1 unspecified atom stereocenters. The van der Waals surface area contributed by atoms with Gasteiger partial charge < -0.3 is 10.5 Å². The minimum absolute atomic E-state index is 0.0608. The molecule has 0 heterocycles. The Morgan fingerprint density at radius 1 is 0.950 bits per heavy atom. The van der Waals surface area contributed by atoms with Gasteiger partial charge in [0, 0.05) is 5.41 Å². The van der Waals surface area contributed by atoms with Crippen LogP contribution in [-0.4, -0.2) is 13.7 Å². The fourth-order valence-electron chi connectivity index (χ4n) is 2.62. The van der Waals surface area contributed by atoms with E-state index in [-0.39, 0.29) is 5.41 Å².